The van der Waals surface area contributed by atoms with Gasteiger partial charge in [0.2, 0.25) is 0 Å². The van der Waals surface area contributed by atoms with Gasteiger partial charge >= 0.3 is 0 Å². The average molecular weight is 340 g/mol. The number of anilines is 1. The fourth-order valence-electron chi connectivity index (χ4n) is 2.03. The Kier molecular flexibility index (Phi) is 4.62. The van der Waals surface area contributed by atoms with Crippen LogP contribution in [0.2, 0.25) is 0 Å². The van der Waals surface area contributed by atoms with Gasteiger partial charge in [0, 0.05) is 12.0 Å². The molecular weight excluding hydrogens is 325 g/mol. The Labute approximate surface area is 125 Å². The molecule has 0 fully saturated rings. The van der Waals surface area contributed by atoms with Gasteiger partial charge in [-0.1, -0.05) is 18.2 Å². The first kappa shape index (κ1) is 14.8. The smallest absolute Gasteiger partial charge is 0.142 e. The van der Waals surface area contributed by atoms with Gasteiger partial charge in [-0.2, -0.15) is 0 Å². The maximum absolute atomic E-state index is 13.2. The largest absolute Gasteiger partial charge is 0.495 e. The van der Waals surface area contributed by atoms with E-state index in [-0.39, 0.29) is 5.82 Å². The van der Waals surface area contributed by atoms with Crippen LogP contribution in [0.1, 0.15) is 17.2 Å². The van der Waals surface area contributed by atoms with Crippen molar-refractivity contribution < 1.29 is 14.2 Å². The van der Waals surface area contributed by atoms with E-state index in [0.29, 0.717) is 27.9 Å². The van der Waals surface area contributed by atoms with Crippen LogP contribution in [0.15, 0.2) is 40.9 Å². The maximum Gasteiger partial charge on any atom is 0.142 e. The fraction of sp³-hybridized carbons (Fsp3) is 0.200. The Morgan fingerprint density at radius 1 is 1.35 bits per heavy atom. The zero-order chi connectivity index (χ0) is 14.7. The van der Waals surface area contributed by atoms with Gasteiger partial charge in [-0.3, -0.25) is 0 Å². The normalized spacial score (nSPS) is 12.2. The summed E-state index contributed by atoms with van der Waals surface area (Å²) in [6, 6.07) is 9.91. The van der Waals surface area contributed by atoms with Crippen molar-refractivity contribution in [2.24, 2.45) is 0 Å². The summed E-state index contributed by atoms with van der Waals surface area (Å²) < 4.78 is 18.7. The highest BCUT2D eigenvalue weighted by Gasteiger charge is 2.15. The van der Waals surface area contributed by atoms with Crippen LogP contribution in [0.3, 0.4) is 0 Å². The molecule has 0 spiro atoms. The molecule has 0 aliphatic heterocycles. The highest BCUT2D eigenvalue weighted by Crippen LogP contribution is 2.31. The summed E-state index contributed by atoms with van der Waals surface area (Å²) >= 11 is 3.13. The maximum atomic E-state index is 13.2. The van der Waals surface area contributed by atoms with Crippen molar-refractivity contribution in [3.05, 3.63) is 57.8 Å². The van der Waals surface area contributed by atoms with Gasteiger partial charge in [0.05, 0.1) is 23.4 Å². The van der Waals surface area contributed by atoms with E-state index in [0.717, 1.165) is 5.56 Å². The Morgan fingerprint density at radius 3 is 2.75 bits per heavy atom. The summed E-state index contributed by atoms with van der Waals surface area (Å²) in [4.78, 5) is 0. The van der Waals surface area contributed by atoms with Crippen LogP contribution in [-0.2, 0) is 6.42 Å². The van der Waals surface area contributed by atoms with E-state index < -0.39 is 6.10 Å². The molecule has 106 valence electrons. The zero-order valence-electron chi connectivity index (χ0n) is 10.9. The number of ether oxygens (including phenoxy) is 1. The second-order valence-electron chi connectivity index (χ2n) is 4.43. The predicted octanol–water partition coefficient (Wildman–Crippen LogP) is 3.46. The van der Waals surface area contributed by atoms with E-state index in [1.165, 1.54) is 13.2 Å². The van der Waals surface area contributed by atoms with E-state index in [1.807, 2.05) is 0 Å². The van der Waals surface area contributed by atoms with E-state index in [9.17, 15) is 9.50 Å². The molecule has 0 amide bonds. The van der Waals surface area contributed by atoms with E-state index in [2.05, 4.69) is 15.9 Å². The van der Waals surface area contributed by atoms with Gasteiger partial charge in [0.1, 0.15) is 11.6 Å². The van der Waals surface area contributed by atoms with Gasteiger partial charge in [0.15, 0.2) is 0 Å². The Balaban J connectivity index is 2.23. The highest BCUT2D eigenvalue weighted by atomic mass is 79.9. The molecule has 0 aromatic heterocycles. The van der Waals surface area contributed by atoms with Crippen molar-refractivity contribution in [1.82, 2.24) is 0 Å². The zero-order valence-corrected chi connectivity index (χ0v) is 12.5. The monoisotopic (exact) mass is 339 g/mol. The van der Waals surface area contributed by atoms with Crippen molar-refractivity contribution in [1.29, 1.82) is 0 Å². The van der Waals surface area contributed by atoms with Crippen LogP contribution in [-0.4, -0.2) is 12.2 Å². The molecule has 0 heterocycles. The summed E-state index contributed by atoms with van der Waals surface area (Å²) in [7, 11) is 1.53. The summed E-state index contributed by atoms with van der Waals surface area (Å²) in [6.45, 7) is 0. The molecule has 0 bridgehead atoms. The molecule has 0 aliphatic rings. The van der Waals surface area contributed by atoms with Crippen molar-refractivity contribution in [3.63, 3.8) is 0 Å². The molecule has 0 saturated heterocycles. The molecule has 2 aromatic rings. The van der Waals surface area contributed by atoms with Gasteiger partial charge in [-0.25, -0.2) is 4.39 Å². The topological polar surface area (TPSA) is 55.5 Å². The van der Waals surface area contributed by atoms with Crippen molar-refractivity contribution >= 4 is 21.6 Å². The first-order valence-electron chi connectivity index (χ1n) is 6.07. The van der Waals surface area contributed by atoms with Crippen LogP contribution >= 0.6 is 15.9 Å². The van der Waals surface area contributed by atoms with Crippen LogP contribution in [0.5, 0.6) is 5.75 Å². The van der Waals surface area contributed by atoms with Crippen molar-refractivity contribution in [2.75, 3.05) is 12.8 Å². The van der Waals surface area contributed by atoms with Crippen molar-refractivity contribution in [3.8, 4) is 5.75 Å². The summed E-state index contributed by atoms with van der Waals surface area (Å²) in [5.74, 6) is 0.200. The number of nitrogen functional groups attached to an aromatic ring is 1. The van der Waals surface area contributed by atoms with E-state index >= 15 is 0 Å². The lowest BCUT2D eigenvalue weighted by molar-refractivity contribution is 0.179. The molecule has 2 rings (SSSR count). The number of hydrogen-bond donors (Lipinski definition) is 2. The minimum atomic E-state index is -0.775. The third-order valence-electron chi connectivity index (χ3n) is 3.09. The molecule has 1 unspecified atom stereocenters. The number of aliphatic hydroxyl groups excluding tert-OH is 1. The minimum absolute atomic E-state index is 0.330. The SMILES string of the molecule is COc1cccc(C(O)Cc2ccc(F)c(Br)c2)c1N. The Bertz CT molecular complexity index is 619. The number of rotatable bonds is 4. The molecule has 0 saturated carbocycles. The van der Waals surface area contributed by atoms with Gasteiger partial charge < -0.3 is 15.6 Å². The van der Waals surface area contributed by atoms with Crippen LogP contribution < -0.4 is 10.5 Å². The predicted molar refractivity (Wildman–Crippen MR) is 80.2 cm³/mol. The number of benzene rings is 2. The number of methoxy groups -OCH3 is 1. The Hall–Kier alpha value is -1.59. The fourth-order valence-corrected chi connectivity index (χ4v) is 2.46. The molecule has 2 aromatic carbocycles. The van der Waals surface area contributed by atoms with E-state index in [4.69, 9.17) is 10.5 Å². The molecule has 0 radical (unpaired) electrons. The highest BCUT2D eigenvalue weighted by molar-refractivity contribution is 9.10. The molecular formula is C15H15BrFNO2. The molecule has 5 heteroatoms. The molecule has 20 heavy (non-hydrogen) atoms. The van der Waals surface area contributed by atoms with E-state index in [1.54, 1.807) is 30.3 Å². The van der Waals surface area contributed by atoms with Crippen LogP contribution in [0.25, 0.3) is 0 Å². The summed E-state index contributed by atoms with van der Waals surface area (Å²) in [5.41, 5.74) is 7.78. The first-order valence-corrected chi connectivity index (χ1v) is 6.86. The quantitative estimate of drug-likeness (QED) is 0.838. The van der Waals surface area contributed by atoms with Crippen molar-refractivity contribution in [2.45, 2.75) is 12.5 Å². The standard InChI is InChI=1S/C15H15BrFNO2/c1-20-14-4-2-3-10(15(14)18)13(19)8-9-5-6-12(17)11(16)7-9/h2-7,13,19H,8,18H2,1H3. The van der Waals surface area contributed by atoms with Crippen LogP contribution in [0.4, 0.5) is 10.1 Å². The number of hydrogen-bond acceptors (Lipinski definition) is 3. The Morgan fingerprint density at radius 2 is 2.10 bits per heavy atom. The second-order valence-corrected chi connectivity index (χ2v) is 5.29. The molecule has 3 N–H and O–H groups in total. The molecule has 1 atom stereocenters. The number of nitrogens with two attached hydrogens (primary N) is 1. The molecule has 0 aliphatic carbocycles. The van der Waals surface area contributed by atoms with Gasteiger partial charge in [0.25, 0.3) is 0 Å². The van der Waals surface area contributed by atoms with Crippen LogP contribution in [0, 0.1) is 5.82 Å². The number of halogens is 2. The van der Waals surface area contributed by atoms with Gasteiger partial charge in [-0.15, -0.1) is 0 Å². The molecule has 3 nitrogen and oxygen atoms in total. The number of para-hydroxylation sites is 1. The lowest BCUT2D eigenvalue weighted by Crippen LogP contribution is -2.06. The summed E-state index contributed by atoms with van der Waals surface area (Å²) in [5, 5.41) is 10.3. The first-order chi connectivity index (χ1) is 9.52. The number of aliphatic hydroxyl groups is 1. The van der Waals surface area contributed by atoms with Gasteiger partial charge in [-0.05, 0) is 39.7 Å². The second kappa shape index (κ2) is 6.24. The third kappa shape index (κ3) is 3.11. The third-order valence-corrected chi connectivity index (χ3v) is 3.70. The average Bonchev–Trinajstić information content (AvgIpc) is 2.43. The minimum Gasteiger partial charge on any atom is -0.495 e. The summed E-state index contributed by atoms with van der Waals surface area (Å²) in [6.07, 6.45) is -0.432. The lowest BCUT2D eigenvalue weighted by Gasteiger charge is -2.16. The lowest BCUT2D eigenvalue weighted by atomic mass is 9.99.